The Balaban J connectivity index is 2.54. The summed E-state index contributed by atoms with van der Waals surface area (Å²) in [5, 5.41) is 12.8. The number of benzene rings is 1. The summed E-state index contributed by atoms with van der Waals surface area (Å²) in [6, 6.07) is 7.32. The Labute approximate surface area is 121 Å². The first-order chi connectivity index (χ1) is 9.38. The van der Waals surface area contributed by atoms with Crippen LogP contribution in [0.2, 0.25) is 0 Å². The summed E-state index contributed by atoms with van der Waals surface area (Å²) in [7, 11) is 0. The summed E-state index contributed by atoms with van der Waals surface area (Å²) in [5.74, 6) is 1.01. The maximum Gasteiger partial charge on any atom is 0.220 e. The molecule has 0 bridgehead atoms. The van der Waals surface area contributed by atoms with Crippen molar-refractivity contribution in [3.63, 3.8) is 0 Å². The van der Waals surface area contributed by atoms with Gasteiger partial charge in [0.05, 0.1) is 12.2 Å². The molecule has 4 heteroatoms. The number of nitrogens with one attached hydrogen (secondary N) is 1. The van der Waals surface area contributed by atoms with Crippen LogP contribution < -0.4 is 10.1 Å². The van der Waals surface area contributed by atoms with Crippen molar-refractivity contribution < 1.29 is 14.6 Å². The van der Waals surface area contributed by atoms with Gasteiger partial charge in [0, 0.05) is 13.0 Å². The first-order valence-corrected chi connectivity index (χ1v) is 7.10. The van der Waals surface area contributed by atoms with Crippen molar-refractivity contribution in [3.8, 4) is 5.75 Å². The predicted octanol–water partition coefficient (Wildman–Crippen LogP) is 2.67. The molecule has 4 nitrogen and oxygen atoms in total. The van der Waals surface area contributed by atoms with Gasteiger partial charge in [-0.2, -0.15) is 0 Å². The summed E-state index contributed by atoms with van der Waals surface area (Å²) in [4.78, 5) is 11.6. The summed E-state index contributed by atoms with van der Waals surface area (Å²) in [6.07, 6.45) is -0.154. The summed E-state index contributed by atoms with van der Waals surface area (Å²) < 4.78 is 5.58. The van der Waals surface area contributed by atoms with Gasteiger partial charge in [-0.15, -0.1) is 0 Å². The van der Waals surface area contributed by atoms with Gasteiger partial charge in [-0.25, -0.2) is 0 Å². The highest BCUT2D eigenvalue weighted by Crippen LogP contribution is 2.20. The van der Waals surface area contributed by atoms with Crippen LogP contribution in [-0.2, 0) is 4.79 Å². The largest absolute Gasteiger partial charge is 0.491 e. The highest BCUT2D eigenvalue weighted by molar-refractivity contribution is 5.76. The lowest BCUT2D eigenvalue weighted by atomic mass is 10.1. The third-order valence-electron chi connectivity index (χ3n) is 2.70. The van der Waals surface area contributed by atoms with Crippen LogP contribution in [0, 0.1) is 5.92 Å². The molecule has 0 saturated carbocycles. The molecule has 20 heavy (non-hydrogen) atoms. The molecule has 1 unspecified atom stereocenters. The van der Waals surface area contributed by atoms with E-state index in [-0.39, 0.29) is 18.6 Å². The number of ether oxygens (including phenoxy) is 1. The molecule has 0 saturated heterocycles. The molecule has 1 amide bonds. The van der Waals surface area contributed by atoms with Crippen molar-refractivity contribution in [1.82, 2.24) is 5.32 Å². The SMILES string of the molecule is CC(C)CC(=O)NCC(O)c1cccc(OC(C)C)c1. The Bertz CT molecular complexity index is 429. The normalized spacial score (nSPS) is 12.6. The van der Waals surface area contributed by atoms with Gasteiger partial charge in [0.25, 0.3) is 0 Å². The Morgan fingerprint density at radius 1 is 1.30 bits per heavy atom. The molecule has 0 aliphatic heterocycles. The van der Waals surface area contributed by atoms with E-state index in [0.717, 1.165) is 11.3 Å². The quantitative estimate of drug-likeness (QED) is 0.806. The zero-order valence-electron chi connectivity index (χ0n) is 12.7. The monoisotopic (exact) mass is 279 g/mol. The van der Waals surface area contributed by atoms with Crippen molar-refractivity contribution in [2.75, 3.05) is 6.54 Å². The Morgan fingerprint density at radius 2 is 2.00 bits per heavy atom. The second kappa shape index (κ2) is 7.90. The Hall–Kier alpha value is -1.55. The molecule has 0 aliphatic rings. The highest BCUT2D eigenvalue weighted by atomic mass is 16.5. The van der Waals surface area contributed by atoms with Crippen molar-refractivity contribution >= 4 is 5.91 Å². The van der Waals surface area contributed by atoms with Gasteiger partial charge in [0.1, 0.15) is 5.75 Å². The van der Waals surface area contributed by atoms with E-state index in [4.69, 9.17) is 4.74 Å². The maximum absolute atomic E-state index is 11.6. The van der Waals surface area contributed by atoms with Crippen molar-refractivity contribution in [3.05, 3.63) is 29.8 Å². The van der Waals surface area contributed by atoms with E-state index in [2.05, 4.69) is 5.32 Å². The standard InChI is InChI=1S/C16H25NO3/c1-11(2)8-16(19)17-10-15(18)13-6-5-7-14(9-13)20-12(3)4/h5-7,9,11-12,15,18H,8,10H2,1-4H3,(H,17,19). The van der Waals surface area contributed by atoms with Crippen LogP contribution in [0.5, 0.6) is 5.75 Å². The van der Waals surface area contributed by atoms with Gasteiger partial charge < -0.3 is 15.2 Å². The molecule has 0 aliphatic carbocycles. The van der Waals surface area contributed by atoms with Crippen LogP contribution in [-0.4, -0.2) is 23.7 Å². The maximum atomic E-state index is 11.6. The van der Waals surface area contributed by atoms with E-state index >= 15 is 0 Å². The first kappa shape index (κ1) is 16.5. The van der Waals surface area contributed by atoms with Gasteiger partial charge in [-0.3, -0.25) is 4.79 Å². The van der Waals surface area contributed by atoms with E-state index in [1.807, 2.05) is 45.9 Å². The van der Waals surface area contributed by atoms with Crippen LogP contribution in [0.4, 0.5) is 0 Å². The third-order valence-corrected chi connectivity index (χ3v) is 2.70. The van der Waals surface area contributed by atoms with Crippen molar-refractivity contribution in [2.45, 2.75) is 46.3 Å². The molecule has 0 fully saturated rings. The number of carbonyl (C=O) groups excluding carboxylic acids is 1. The number of hydrogen-bond donors (Lipinski definition) is 2. The number of hydrogen-bond acceptors (Lipinski definition) is 3. The number of rotatable bonds is 7. The Kier molecular flexibility index (Phi) is 6.52. The second-order valence-corrected chi connectivity index (χ2v) is 5.66. The van der Waals surface area contributed by atoms with E-state index in [9.17, 15) is 9.90 Å². The molecule has 2 N–H and O–H groups in total. The van der Waals surface area contributed by atoms with Crippen LogP contribution in [0.3, 0.4) is 0 Å². The van der Waals surface area contributed by atoms with Crippen molar-refractivity contribution in [2.24, 2.45) is 5.92 Å². The fraction of sp³-hybridized carbons (Fsp3) is 0.562. The lowest BCUT2D eigenvalue weighted by molar-refractivity contribution is -0.122. The van der Waals surface area contributed by atoms with Crippen LogP contribution >= 0.6 is 0 Å². The molecule has 1 aromatic rings. The van der Waals surface area contributed by atoms with E-state index in [1.165, 1.54) is 0 Å². The van der Waals surface area contributed by atoms with E-state index in [0.29, 0.717) is 12.3 Å². The lowest BCUT2D eigenvalue weighted by Crippen LogP contribution is -2.29. The third kappa shape index (κ3) is 6.06. The minimum atomic E-state index is -0.721. The topological polar surface area (TPSA) is 58.6 Å². The molecule has 1 rings (SSSR count). The van der Waals surface area contributed by atoms with Gasteiger partial charge >= 0.3 is 0 Å². The Morgan fingerprint density at radius 3 is 2.60 bits per heavy atom. The lowest BCUT2D eigenvalue weighted by Gasteiger charge is -2.15. The van der Waals surface area contributed by atoms with Crippen LogP contribution in [0.1, 0.15) is 45.8 Å². The van der Waals surface area contributed by atoms with E-state index < -0.39 is 6.10 Å². The molecule has 1 aromatic carbocycles. The molecular formula is C16H25NO3. The molecule has 0 radical (unpaired) electrons. The molecule has 1 atom stereocenters. The van der Waals surface area contributed by atoms with Crippen molar-refractivity contribution in [1.29, 1.82) is 0 Å². The fourth-order valence-electron chi connectivity index (χ4n) is 1.84. The zero-order chi connectivity index (χ0) is 15.1. The van der Waals surface area contributed by atoms with Gasteiger partial charge in [-0.1, -0.05) is 26.0 Å². The van der Waals surface area contributed by atoms with Gasteiger partial charge in [0.15, 0.2) is 0 Å². The first-order valence-electron chi connectivity index (χ1n) is 7.10. The van der Waals surface area contributed by atoms with Crippen LogP contribution in [0.25, 0.3) is 0 Å². The zero-order valence-corrected chi connectivity index (χ0v) is 12.7. The minimum Gasteiger partial charge on any atom is -0.491 e. The highest BCUT2D eigenvalue weighted by Gasteiger charge is 2.11. The summed E-state index contributed by atoms with van der Waals surface area (Å²) in [6.45, 7) is 8.10. The second-order valence-electron chi connectivity index (χ2n) is 5.66. The average Bonchev–Trinajstić information content (AvgIpc) is 2.34. The van der Waals surface area contributed by atoms with Gasteiger partial charge in [0.2, 0.25) is 5.91 Å². The summed E-state index contributed by atoms with van der Waals surface area (Å²) >= 11 is 0. The average molecular weight is 279 g/mol. The predicted molar refractivity (Wildman–Crippen MR) is 79.6 cm³/mol. The van der Waals surface area contributed by atoms with E-state index in [1.54, 1.807) is 6.07 Å². The number of aliphatic hydroxyl groups excluding tert-OH is 1. The molecule has 0 aromatic heterocycles. The van der Waals surface area contributed by atoms with Crippen LogP contribution in [0.15, 0.2) is 24.3 Å². The number of amides is 1. The molecular weight excluding hydrogens is 254 g/mol. The molecule has 112 valence electrons. The smallest absolute Gasteiger partial charge is 0.220 e. The van der Waals surface area contributed by atoms with Gasteiger partial charge in [-0.05, 0) is 37.5 Å². The minimum absolute atomic E-state index is 0.0337. The number of carbonyl (C=O) groups is 1. The molecule has 0 spiro atoms. The molecule has 0 heterocycles. The number of aliphatic hydroxyl groups is 1. The summed E-state index contributed by atoms with van der Waals surface area (Å²) in [5.41, 5.74) is 0.744. The fourth-order valence-corrected chi connectivity index (χ4v) is 1.84.